The highest BCUT2D eigenvalue weighted by molar-refractivity contribution is 7.14. The van der Waals surface area contributed by atoms with Gasteiger partial charge in [0.15, 0.2) is 5.13 Å². The Morgan fingerprint density at radius 2 is 1.93 bits per heavy atom. The maximum atomic E-state index is 13.1. The van der Waals surface area contributed by atoms with Crippen LogP contribution in [0.2, 0.25) is 0 Å². The molecule has 2 amide bonds. The number of anilines is 2. The third-order valence-electron chi connectivity index (χ3n) is 6.32. The summed E-state index contributed by atoms with van der Waals surface area (Å²) in [6, 6.07) is 6.33. The first-order valence-corrected chi connectivity index (χ1v) is 12.0. The van der Waals surface area contributed by atoms with Gasteiger partial charge in [-0.05, 0) is 43.4 Å². The van der Waals surface area contributed by atoms with Crippen LogP contribution in [0, 0.1) is 11.8 Å². The Kier molecular flexibility index (Phi) is 6.23. The molecule has 0 unspecified atom stereocenters. The molecule has 0 bridgehead atoms. The summed E-state index contributed by atoms with van der Waals surface area (Å²) < 4.78 is 0. The Labute approximate surface area is 183 Å². The number of fused-ring (bicyclic) bond motifs is 1. The monoisotopic (exact) mass is 425 g/mol. The number of hydrogen-bond acceptors (Lipinski definition) is 4. The first-order chi connectivity index (χ1) is 14.5. The molecule has 2 heterocycles. The van der Waals surface area contributed by atoms with Gasteiger partial charge >= 0.3 is 0 Å². The maximum Gasteiger partial charge on any atom is 0.231 e. The summed E-state index contributed by atoms with van der Waals surface area (Å²) in [6.45, 7) is 4.62. The van der Waals surface area contributed by atoms with Gasteiger partial charge in [-0.1, -0.05) is 39.2 Å². The van der Waals surface area contributed by atoms with Gasteiger partial charge in [-0.15, -0.1) is 11.3 Å². The van der Waals surface area contributed by atoms with E-state index in [1.807, 2.05) is 24.1 Å². The predicted octanol–water partition coefficient (Wildman–Crippen LogP) is 5.29. The lowest BCUT2D eigenvalue weighted by Gasteiger charge is -2.33. The molecule has 1 aromatic heterocycles. The Hall–Kier alpha value is -2.21. The molecule has 1 aliphatic carbocycles. The smallest absolute Gasteiger partial charge is 0.231 e. The number of amides is 2. The van der Waals surface area contributed by atoms with E-state index in [9.17, 15) is 9.59 Å². The van der Waals surface area contributed by atoms with Crippen LogP contribution >= 0.6 is 11.3 Å². The third-order valence-corrected chi connectivity index (χ3v) is 7.23. The summed E-state index contributed by atoms with van der Waals surface area (Å²) in [5, 5.41) is 2.73. The van der Waals surface area contributed by atoms with E-state index in [1.165, 1.54) is 36.2 Å². The van der Waals surface area contributed by atoms with Crippen molar-refractivity contribution in [2.75, 3.05) is 23.4 Å². The molecule has 1 fully saturated rings. The third kappa shape index (κ3) is 4.15. The highest BCUT2D eigenvalue weighted by Gasteiger charge is 2.30. The molecule has 0 saturated heterocycles. The molecule has 30 heavy (non-hydrogen) atoms. The molecule has 2 aromatic rings. The lowest BCUT2D eigenvalue weighted by molar-refractivity contribution is -0.123. The van der Waals surface area contributed by atoms with E-state index in [1.54, 1.807) is 11.9 Å². The number of carbonyl (C=O) groups is 2. The molecular weight excluding hydrogens is 394 g/mol. The normalized spacial score (nSPS) is 17.1. The van der Waals surface area contributed by atoms with Gasteiger partial charge in [0.05, 0.1) is 5.69 Å². The second-order valence-corrected chi connectivity index (χ2v) is 9.68. The summed E-state index contributed by atoms with van der Waals surface area (Å²) in [5.41, 5.74) is 4.23. The van der Waals surface area contributed by atoms with Gasteiger partial charge in [-0.3, -0.25) is 14.5 Å². The van der Waals surface area contributed by atoms with Crippen molar-refractivity contribution < 1.29 is 9.59 Å². The molecule has 1 aromatic carbocycles. The Balaban J connectivity index is 1.56. The number of hydrogen-bond donors (Lipinski definition) is 0. The molecule has 2 aliphatic rings. The first-order valence-electron chi connectivity index (χ1n) is 11.1. The van der Waals surface area contributed by atoms with Crippen LogP contribution in [-0.4, -0.2) is 30.4 Å². The van der Waals surface area contributed by atoms with Crippen molar-refractivity contribution in [3.63, 3.8) is 0 Å². The summed E-state index contributed by atoms with van der Waals surface area (Å²) in [7, 11) is 1.78. The van der Waals surface area contributed by atoms with Gasteiger partial charge in [0.2, 0.25) is 11.8 Å². The highest BCUT2D eigenvalue weighted by Crippen LogP contribution is 2.35. The van der Waals surface area contributed by atoms with Crippen molar-refractivity contribution in [2.24, 2.45) is 11.8 Å². The molecule has 5 nitrogen and oxygen atoms in total. The Morgan fingerprint density at radius 3 is 2.67 bits per heavy atom. The van der Waals surface area contributed by atoms with Crippen LogP contribution in [0.4, 0.5) is 10.8 Å². The van der Waals surface area contributed by atoms with Crippen molar-refractivity contribution in [1.82, 2.24) is 4.98 Å². The van der Waals surface area contributed by atoms with Gasteiger partial charge in [0.1, 0.15) is 0 Å². The predicted molar refractivity (Wildman–Crippen MR) is 123 cm³/mol. The minimum Gasteiger partial charge on any atom is -0.312 e. The van der Waals surface area contributed by atoms with Crippen molar-refractivity contribution >= 4 is 34.0 Å². The number of benzene rings is 1. The minimum absolute atomic E-state index is 0.0567. The van der Waals surface area contributed by atoms with Crippen LogP contribution in [0.5, 0.6) is 0 Å². The maximum absolute atomic E-state index is 13.1. The van der Waals surface area contributed by atoms with E-state index in [2.05, 4.69) is 18.2 Å². The molecular formula is C24H31N3O2S. The Morgan fingerprint density at radius 1 is 1.17 bits per heavy atom. The van der Waals surface area contributed by atoms with Gasteiger partial charge in [0, 0.05) is 42.1 Å². The van der Waals surface area contributed by atoms with E-state index in [0.717, 1.165) is 54.3 Å². The molecule has 0 N–H and O–H groups in total. The quantitative estimate of drug-likeness (QED) is 0.669. The van der Waals surface area contributed by atoms with Crippen molar-refractivity contribution in [3.05, 3.63) is 29.1 Å². The minimum atomic E-state index is -0.0567. The SMILES string of the molecule is CC(C)C(=O)N(C)c1nc(-c2ccc3c(c2)CCCN3C(=O)C2CCCCC2)cs1. The van der Waals surface area contributed by atoms with E-state index >= 15 is 0 Å². The molecule has 6 heteroatoms. The molecule has 0 radical (unpaired) electrons. The molecule has 0 atom stereocenters. The lowest BCUT2D eigenvalue weighted by atomic mass is 9.87. The van der Waals surface area contributed by atoms with E-state index in [4.69, 9.17) is 4.98 Å². The van der Waals surface area contributed by atoms with Gasteiger partial charge in [-0.2, -0.15) is 0 Å². The molecule has 0 spiro atoms. The van der Waals surface area contributed by atoms with Gasteiger partial charge in [0.25, 0.3) is 0 Å². The fraction of sp³-hybridized carbons (Fsp3) is 0.542. The van der Waals surface area contributed by atoms with Gasteiger partial charge in [-0.25, -0.2) is 4.98 Å². The highest BCUT2D eigenvalue weighted by atomic mass is 32.1. The number of nitrogens with zero attached hydrogens (tertiary/aromatic N) is 3. The van der Waals surface area contributed by atoms with Gasteiger partial charge < -0.3 is 4.90 Å². The van der Waals surface area contributed by atoms with E-state index < -0.39 is 0 Å². The summed E-state index contributed by atoms with van der Waals surface area (Å²) in [6.07, 6.45) is 7.67. The fourth-order valence-corrected chi connectivity index (χ4v) is 5.39. The summed E-state index contributed by atoms with van der Waals surface area (Å²) >= 11 is 1.49. The number of thiazole rings is 1. The van der Waals surface area contributed by atoms with Crippen LogP contribution < -0.4 is 9.80 Å². The van der Waals surface area contributed by atoms with Crippen LogP contribution in [-0.2, 0) is 16.0 Å². The summed E-state index contributed by atoms with van der Waals surface area (Å²) in [4.78, 5) is 33.8. The molecule has 160 valence electrons. The van der Waals surface area contributed by atoms with Crippen LogP contribution in [0.15, 0.2) is 23.6 Å². The van der Waals surface area contributed by atoms with E-state index in [-0.39, 0.29) is 17.7 Å². The summed E-state index contributed by atoms with van der Waals surface area (Å²) in [5.74, 6) is 0.518. The molecule has 4 rings (SSSR count). The fourth-order valence-electron chi connectivity index (χ4n) is 4.59. The second-order valence-electron chi connectivity index (χ2n) is 8.84. The zero-order chi connectivity index (χ0) is 21.3. The van der Waals surface area contributed by atoms with Crippen molar-refractivity contribution in [2.45, 2.75) is 58.8 Å². The lowest BCUT2D eigenvalue weighted by Crippen LogP contribution is -2.40. The van der Waals surface area contributed by atoms with E-state index in [0.29, 0.717) is 5.91 Å². The number of rotatable bonds is 4. The largest absolute Gasteiger partial charge is 0.312 e. The van der Waals surface area contributed by atoms with Crippen molar-refractivity contribution in [1.29, 1.82) is 0 Å². The zero-order valence-corrected chi connectivity index (χ0v) is 19.0. The second kappa shape index (κ2) is 8.88. The van der Waals surface area contributed by atoms with Crippen LogP contribution in [0.1, 0.15) is 57.9 Å². The average molecular weight is 426 g/mol. The number of aryl methyl sites for hydroxylation is 1. The number of aromatic nitrogens is 1. The van der Waals surface area contributed by atoms with Crippen molar-refractivity contribution in [3.8, 4) is 11.3 Å². The molecule has 1 saturated carbocycles. The average Bonchev–Trinajstić information content (AvgIpc) is 3.27. The number of carbonyl (C=O) groups excluding carboxylic acids is 2. The topological polar surface area (TPSA) is 53.5 Å². The Bertz CT molecular complexity index is 930. The standard InChI is InChI=1S/C24H31N3O2S/c1-16(2)22(28)26(3)24-25-20(15-30-24)18-11-12-21-19(14-18)10-7-13-27(21)23(29)17-8-5-4-6-9-17/h11-12,14-17H,4-10,13H2,1-3H3. The van der Waals surface area contributed by atoms with Crippen LogP contribution in [0.3, 0.4) is 0 Å². The molecule has 1 aliphatic heterocycles. The zero-order valence-electron chi connectivity index (χ0n) is 18.2. The first kappa shape index (κ1) is 21.0. The van der Waals surface area contributed by atoms with Crippen LogP contribution in [0.25, 0.3) is 11.3 Å².